The number of sulfonamides is 1. The summed E-state index contributed by atoms with van der Waals surface area (Å²) in [6, 6.07) is 9.56. The summed E-state index contributed by atoms with van der Waals surface area (Å²) < 4.78 is 40.6. The van der Waals surface area contributed by atoms with E-state index in [2.05, 4.69) is 10.3 Å². The van der Waals surface area contributed by atoms with Crippen molar-refractivity contribution < 1.29 is 27.5 Å². The van der Waals surface area contributed by atoms with Crippen LogP contribution < -0.4 is 10.1 Å². The molecule has 250 valence electrons. The Bertz CT molecular complexity index is 1710. The van der Waals surface area contributed by atoms with Crippen molar-refractivity contribution >= 4 is 56.1 Å². The molecule has 1 N–H and O–H groups in total. The zero-order chi connectivity index (χ0) is 33.8. The highest BCUT2D eigenvalue weighted by atomic mass is 35.5. The smallest absolute Gasteiger partial charge is 0.410 e. The van der Waals surface area contributed by atoms with Crippen LogP contribution in [0.5, 0.6) is 5.75 Å². The van der Waals surface area contributed by atoms with Gasteiger partial charge in [-0.25, -0.2) is 18.2 Å². The van der Waals surface area contributed by atoms with E-state index in [1.807, 2.05) is 39.0 Å². The lowest BCUT2D eigenvalue weighted by Gasteiger charge is -2.27. The van der Waals surface area contributed by atoms with Gasteiger partial charge in [0, 0.05) is 47.8 Å². The topological polar surface area (TPSA) is 118 Å². The van der Waals surface area contributed by atoms with Crippen molar-refractivity contribution in [2.45, 2.75) is 84.0 Å². The number of rotatable bonds is 11. The number of hydrogen-bond acceptors (Lipinski definition) is 7. The fraction of sp³-hybridized carbons (Fsp3) is 0.485. The van der Waals surface area contributed by atoms with Crippen LogP contribution in [0.3, 0.4) is 0 Å². The van der Waals surface area contributed by atoms with Gasteiger partial charge in [0.05, 0.1) is 5.02 Å². The fourth-order valence-electron chi connectivity index (χ4n) is 5.45. The number of aromatic nitrogens is 1. The van der Waals surface area contributed by atoms with E-state index < -0.39 is 33.7 Å². The minimum atomic E-state index is -4.16. The molecular weight excluding hydrogens is 651 g/mol. The molecule has 0 spiro atoms. The summed E-state index contributed by atoms with van der Waals surface area (Å²) in [5, 5.41) is 3.98. The molecule has 1 aromatic heterocycles. The maximum absolute atomic E-state index is 13.9. The molecule has 1 aliphatic rings. The second-order valence-corrected chi connectivity index (χ2v) is 15.0. The lowest BCUT2D eigenvalue weighted by atomic mass is 10.1. The maximum Gasteiger partial charge on any atom is 0.410 e. The molecule has 0 radical (unpaired) electrons. The number of pyridine rings is 1. The molecule has 1 atom stereocenters. The molecule has 46 heavy (non-hydrogen) atoms. The largest absolute Gasteiger partial charge is 0.487 e. The van der Waals surface area contributed by atoms with Gasteiger partial charge in [-0.3, -0.25) is 4.79 Å². The SMILES string of the molecule is CCN(CCCNC(=O)[C@@H]1CCCN1S(=O)(=O)c1ccc(Cl)c(COc2cccc3c(C)cc(C)nc23)c1Cl)C(=O)OC(C)(C)C. The predicted octanol–water partition coefficient (Wildman–Crippen LogP) is 6.65. The summed E-state index contributed by atoms with van der Waals surface area (Å²) in [6.45, 7) is 12.4. The van der Waals surface area contributed by atoms with Crippen LogP contribution in [0.1, 0.15) is 63.8 Å². The summed E-state index contributed by atoms with van der Waals surface area (Å²) in [5.41, 5.74) is 2.30. The number of aryl methyl sites for hydroxylation is 2. The van der Waals surface area contributed by atoms with Crippen molar-refractivity contribution in [3.05, 3.63) is 63.3 Å². The number of nitrogens with zero attached hydrogens (tertiary/aromatic N) is 3. The number of halogens is 2. The first-order valence-electron chi connectivity index (χ1n) is 15.4. The number of para-hydroxylation sites is 1. The number of carbonyl (C=O) groups is 2. The van der Waals surface area contributed by atoms with Gasteiger partial charge in [0.1, 0.15) is 34.4 Å². The van der Waals surface area contributed by atoms with E-state index in [0.29, 0.717) is 49.2 Å². The van der Waals surface area contributed by atoms with Crippen LogP contribution in [-0.4, -0.2) is 72.4 Å². The van der Waals surface area contributed by atoms with E-state index in [1.54, 1.807) is 31.7 Å². The molecule has 0 bridgehead atoms. The molecule has 0 aliphatic carbocycles. The Balaban J connectivity index is 1.45. The van der Waals surface area contributed by atoms with Gasteiger partial charge < -0.3 is 19.7 Å². The van der Waals surface area contributed by atoms with E-state index in [0.717, 1.165) is 16.6 Å². The Hall–Kier alpha value is -3.12. The number of hydrogen-bond donors (Lipinski definition) is 1. The highest BCUT2D eigenvalue weighted by molar-refractivity contribution is 7.89. The molecule has 2 amide bonds. The highest BCUT2D eigenvalue weighted by Gasteiger charge is 2.40. The van der Waals surface area contributed by atoms with E-state index >= 15 is 0 Å². The van der Waals surface area contributed by atoms with Crippen LogP contribution in [0.4, 0.5) is 4.79 Å². The lowest BCUT2D eigenvalue weighted by molar-refractivity contribution is -0.124. The number of nitrogens with one attached hydrogen (secondary N) is 1. The molecule has 1 saturated heterocycles. The van der Waals surface area contributed by atoms with Gasteiger partial charge in [0.2, 0.25) is 15.9 Å². The van der Waals surface area contributed by atoms with E-state index in [9.17, 15) is 18.0 Å². The first-order chi connectivity index (χ1) is 21.6. The standard InChI is InChI=1S/C33H42Cl2N4O6S/c1-7-38(32(41)45-33(4,5)6)17-10-16-36-31(40)26-12-9-18-39(26)46(42,43)28-15-14-25(34)24(29(28)35)20-44-27-13-8-11-23-21(2)19-22(3)37-30(23)27/h8,11,13-15,19,26H,7,9-10,12,16-18,20H2,1-6H3,(H,36,40)/t26-/m0/s1. The van der Waals surface area contributed by atoms with Crippen molar-refractivity contribution in [3.63, 3.8) is 0 Å². The van der Waals surface area contributed by atoms with Crippen LogP contribution in [-0.2, 0) is 26.2 Å². The molecule has 0 unspecified atom stereocenters. The van der Waals surface area contributed by atoms with Crippen LogP contribution in [0.2, 0.25) is 10.0 Å². The first-order valence-corrected chi connectivity index (χ1v) is 17.6. The van der Waals surface area contributed by atoms with Gasteiger partial charge in [0.15, 0.2) is 0 Å². The van der Waals surface area contributed by atoms with Crippen LogP contribution >= 0.6 is 23.2 Å². The molecule has 1 aliphatic heterocycles. The Morgan fingerprint density at radius 2 is 1.89 bits per heavy atom. The third-order valence-corrected chi connectivity index (χ3v) is 10.5. The zero-order valence-corrected chi connectivity index (χ0v) is 29.5. The van der Waals surface area contributed by atoms with Crippen molar-refractivity contribution in [1.82, 2.24) is 19.5 Å². The Labute approximate surface area is 281 Å². The monoisotopic (exact) mass is 692 g/mol. The number of fused-ring (bicyclic) bond motifs is 1. The lowest BCUT2D eigenvalue weighted by Crippen LogP contribution is -2.46. The van der Waals surface area contributed by atoms with Crippen molar-refractivity contribution in [2.75, 3.05) is 26.2 Å². The predicted molar refractivity (Wildman–Crippen MR) is 180 cm³/mol. The number of carbonyl (C=O) groups excluding carboxylic acids is 2. The second kappa shape index (κ2) is 14.8. The molecular formula is C33H42Cl2N4O6S. The first kappa shape index (κ1) is 35.7. The van der Waals surface area contributed by atoms with Crippen molar-refractivity contribution in [2.24, 2.45) is 0 Å². The van der Waals surface area contributed by atoms with Gasteiger partial charge in [-0.2, -0.15) is 4.31 Å². The van der Waals surface area contributed by atoms with Crippen LogP contribution in [0.25, 0.3) is 10.9 Å². The molecule has 10 nitrogen and oxygen atoms in total. The zero-order valence-electron chi connectivity index (χ0n) is 27.2. The second-order valence-electron chi connectivity index (χ2n) is 12.3. The third kappa shape index (κ3) is 8.23. The van der Waals surface area contributed by atoms with Gasteiger partial charge in [-0.1, -0.05) is 35.3 Å². The summed E-state index contributed by atoms with van der Waals surface area (Å²) >= 11 is 13.2. The normalized spacial score (nSPS) is 15.6. The van der Waals surface area contributed by atoms with Gasteiger partial charge in [0.25, 0.3) is 0 Å². The molecule has 3 aromatic rings. The summed E-state index contributed by atoms with van der Waals surface area (Å²) in [6.07, 6.45) is 0.958. The summed E-state index contributed by atoms with van der Waals surface area (Å²) in [5.74, 6) is 0.123. The summed E-state index contributed by atoms with van der Waals surface area (Å²) in [4.78, 5) is 31.6. The Morgan fingerprint density at radius 1 is 1.15 bits per heavy atom. The quantitative estimate of drug-likeness (QED) is 0.224. The fourth-order valence-corrected chi connectivity index (χ4v) is 7.97. The number of amides is 2. The number of ether oxygens (including phenoxy) is 2. The van der Waals surface area contributed by atoms with Crippen LogP contribution in [0, 0.1) is 13.8 Å². The molecule has 2 heterocycles. The molecule has 4 rings (SSSR count). The van der Waals surface area contributed by atoms with E-state index in [-0.39, 0.29) is 34.6 Å². The molecule has 13 heteroatoms. The molecule has 1 fully saturated rings. The van der Waals surface area contributed by atoms with E-state index in [1.165, 1.54) is 16.4 Å². The third-order valence-electron chi connectivity index (χ3n) is 7.69. The highest BCUT2D eigenvalue weighted by Crippen LogP contribution is 2.36. The molecule has 2 aromatic carbocycles. The number of benzene rings is 2. The average Bonchev–Trinajstić information content (AvgIpc) is 3.47. The van der Waals surface area contributed by atoms with Crippen molar-refractivity contribution in [1.29, 1.82) is 0 Å². The van der Waals surface area contributed by atoms with Gasteiger partial charge in [-0.05, 0) is 90.6 Å². The van der Waals surface area contributed by atoms with Gasteiger partial charge >= 0.3 is 6.09 Å². The summed E-state index contributed by atoms with van der Waals surface area (Å²) in [7, 11) is -4.16. The Kier molecular flexibility index (Phi) is 11.5. The average molecular weight is 694 g/mol. The van der Waals surface area contributed by atoms with E-state index in [4.69, 9.17) is 32.7 Å². The molecule has 0 saturated carbocycles. The minimum Gasteiger partial charge on any atom is -0.487 e. The minimum absolute atomic E-state index is 0.0547. The van der Waals surface area contributed by atoms with Crippen LogP contribution in [0.15, 0.2) is 41.3 Å². The van der Waals surface area contributed by atoms with Gasteiger partial charge in [-0.15, -0.1) is 0 Å². The Morgan fingerprint density at radius 3 is 2.59 bits per heavy atom. The maximum atomic E-state index is 13.9. The van der Waals surface area contributed by atoms with Crippen molar-refractivity contribution in [3.8, 4) is 5.75 Å².